The molecule has 0 bridgehead atoms. The van der Waals surface area contributed by atoms with Crippen LogP contribution >= 0.6 is 11.6 Å². The van der Waals surface area contributed by atoms with Crippen molar-refractivity contribution in [1.82, 2.24) is 9.29 Å². The largest absolute Gasteiger partial charge is 0.310 e. The van der Waals surface area contributed by atoms with E-state index in [1.54, 1.807) is 6.07 Å². The molecule has 1 atom stereocenters. The molecule has 1 aliphatic rings. The molecule has 1 saturated heterocycles. The van der Waals surface area contributed by atoms with Crippen molar-refractivity contribution in [3.63, 3.8) is 0 Å². The van der Waals surface area contributed by atoms with Crippen LogP contribution in [0.2, 0.25) is 5.02 Å². The Morgan fingerprint density at radius 1 is 1.22 bits per heavy atom. The quantitative estimate of drug-likeness (QED) is 0.832. The Morgan fingerprint density at radius 2 is 1.93 bits per heavy atom. The summed E-state index contributed by atoms with van der Waals surface area (Å²) in [5.74, 6) is -2.64. The van der Waals surface area contributed by atoms with Crippen LogP contribution in [0.1, 0.15) is 12.8 Å². The van der Waals surface area contributed by atoms with E-state index in [4.69, 9.17) is 11.6 Å². The topological polar surface area (TPSA) is 79.4 Å². The van der Waals surface area contributed by atoms with Crippen molar-refractivity contribution in [1.29, 1.82) is 0 Å². The number of pyridine rings is 1. The molecule has 2 heterocycles. The normalized spacial score (nSPS) is 18.3. The van der Waals surface area contributed by atoms with Crippen LogP contribution in [0.3, 0.4) is 0 Å². The first kappa shape index (κ1) is 19.7. The van der Waals surface area contributed by atoms with Crippen molar-refractivity contribution in [2.24, 2.45) is 5.92 Å². The molecule has 1 amide bonds. The van der Waals surface area contributed by atoms with Gasteiger partial charge in [-0.2, -0.15) is 4.31 Å². The van der Waals surface area contributed by atoms with Crippen molar-refractivity contribution in [3.8, 4) is 0 Å². The van der Waals surface area contributed by atoms with Gasteiger partial charge < -0.3 is 5.32 Å². The number of nitrogens with one attached hydrogen (secondary N) is 1. The lowest BCUT2D eigenvalue weighted by atomic mass is 9.99. The molecule has 1 fully saturated rings. The fourth-order valence-corrected chi connectivity index (χ4v) is 4.56. The Labute approximate surface area is 160 Å². The van der Waals surface area contributed by atoms with Gasteiger partial charge in [-0.05, 0) is 37.1 Å². The van der Waals surface area contributed by atoms with Crippen molar-refractivity contribution in [3.05, 3.63) is 53.2 Å². The van der Waals surface area contributed by atoms with Crippen LogP contribution < -0.4 is 5.32 Å². The van der Waals surface area contributed by atoms with Gasteiger partial charge in [0, 0.05) is 25.4 Å². The number of amides is 1. The van der Waals surface area contributed by atoms with E-state index in [0.29, 0.717) is 29.7 Å². The van der Waals surface area contributed by atoms with E-state index in [0.717, 1.165) is 16.4 Å². The van der Waals surface area contributed by atoms with Crippen molar-refractivity contribution in [2.45, 2.75) is 17.7 Å². The standard InChI is InChI=1S/C17H16ClF2N3O3S/c18-12-3-4-16(21-9-12)22-17(24)11-2-1-5-23(10-11)27(25,26)15-7-13(19)6-14(20)8-15/h3-4,6-9,11H,1-2,5,10H2,(H,21,22,24). The van der Waals surface area contributed by atoms with Gasteiger partial charge in [0.05, 0.1) is 15.8 Å². The summed E-state index contributed by atoms with van der Waals surface area (Å²) in [6.07, 6.45) is 2.32. The van der Waals surface area contributed by atoms with Gasteiger partial charge in [0.25, 0.3) is 0 Å². The zero-order chi connectivity index (χ0) is 19.6. The highest BCUT2D eigenvalue weighted by Gasteiger charge is 2.34. The van der Waals surface area contributed by atoms with E-state index in [1.165, 1.54) is 12.3 Å². The third-order valence-corrected chi connectivity index (χ3v) is 6.27. The van der Waals surface area contributed by atoms with Gasteiger partial charge in [0.2, 0.25) is 15.9 Å². The zero-order valence-corrected chi connectivity index (χ0v) is 15.6. The molecule has 6 nitrogen and oxygen atoms in total. The van der Waals surface area contributed by atoms with Crippen molar-refractivity contribution >= 4 is 33.3 Å². The van der Waals surface area contributed by atoms with Crippen LogP contribution in [0.15, 0.2) is 41.4 Å². The number of halogens is 3. The minimum Gasteiger partial charge on any atom is -0.310 e. The number of carbonyl (C=O) groups excluding carboxylic acids is 1. The lowest BCUT2D eigenvalue weighted by Gasteiger charge is -2.31. The molecule has 2 aromatic rings. The molecule has 10 heteroatoms. The molecule has 0 radical (unpaired) electrons. The Balaban J connectivity index is 1.74. The molecule has 1 aliphatic heterocycles. The first-order chi connectivity index (χ1) is 12.8. The van der Waals surface area contributed by atoms with E-state index in [-0.39, 0.29) is 19.0 Å². The van der Waals surface area contributed by atoms with Crippen molar-refractivity contribution in [2.75, 3.05) is 18.4 Å². The maximum absolute atomic E-state index is 13.4. The molecular formula is C17H16ClF2N3O3S. The van der Waals surface area contributed by atoms with Crippen LogP contribution in [-0.2, 0) is 14.8 Å². The lowest BCUT2D eigenvalue weighted by Crippen LogP contribution is -2.43. The summed E-state index contributed by atoms with van der Waals surface area (Å²) in [6.45, 7) is 0.0866. The summed E-state index contributed by atoms with van der Waals surface area (Å²) in [5, 5.41) is 3.04. The van der Waals surface area contributed by atoms with Gasteiger partial charge in [0.1, 0.15) is 17.5 Å². The number of benzene rings is 1. The van der Waals surface area contributed by atoms with E-state index >= 15 is 0 Å². The molecule has 1 N–H and O–H groups in total. The maximum Gasteiger partial charge on any atom is 0.243 e. The van der Waals surface area contributed by atoms with E-state index in [2.05, 4.69) is 10.3 Å². The van der Waals surface area contributed by atoms with Crippen LogP contribution in [0.5, 0.6) is 0 Å². The molecule has 0 aliphatic carbocycles. The summed E-state index contributed by atoms with van der Waals surface area (Å²) in [7, 11) is -4.11. The van der Waals surface area contributed by atoms with Gasteiger partial charge in [-0.1, -0.05) is 11.6 Å². The number of anilines is 1. The molecule has 3 rings (SSSR count). The van der Waals surface area contributed by atoms with Gasteiger partial charge in [-0.25, -0.2) is 22.2 Å². The third-order valence-electron chi connectivity index (χ3n) is 4.21. The van der Waals surface area contributed by atoms with E-state index in [1.807, 2.05) is 0 Å². The zero-order valence-electron chi connectivity index (χ0n) is 14.0. The molecule has 144 valence electrons. The molecule has 0 spiro atoms. The van der Waals surface area contributed by atoms with Crippen LogP contribution in [0.25, 0.3) is 0 Å². The number of hydrogen-bond acceptors (Lipinski definition) is 4. The molecule has 1 aromatic carbocycles. The average molecular weight is 416 g/mol. The molecular weight excluding hydrogens is 400 g/mol. The van der Waals surface area contributed by atoms with Gasteiger partial charge >= 0.3 is 0 Å². The fraction of sp³-hybridized carbons (Fsp3) is 0.294. The second-order valence-corrected chi connectivity index (χ2v) is 8.53. The second kappa shape index (κ2) is 7.87. The molecule has 27 heavy (non-hydrogen) atoms. The summed E-state index contributed by atoms with van der Waals surface area (Å²) >= 11 is 5.74. The smallest absolute Gasteiger partial charge is 0.243 e. The van der Waals surface area contributed by atoms with Gasteiger partial charge in [-0.15, -0.1) is 0 Å². The van der Waals surface area contributed by atoms with E-state index in [9.17, 15) is 22.0 Å². The highest BCUT2D eigenvalue weighted by Crippen LogP contribution is 2.25. The monoisotopic (exact) mass is 415 g/mol. The number of aromatic nitrogens is 1. The highest BCUT2D eigenvalue weighted by molar-refractivity contribution is 7.89. The minimum atomic E-state index is -4.11. The number of hydrogen-bond donors (Lipinski definition) is 1. The fourth-order valence-electron chi connectivity index (χ4n) is 2.88. The summed E-state index contributed by atoms with van der Waals surface area (Å²) < 4.78 is 53.2. The molecule has 1 unspecified atom stereocenters. The first-order valence-corrected chi connectivity index (χ1v) is 9.96. The molecule has 0 saturated carbocycles. The Bertz CT molecular complexity index is 934. The predicted octanol–water partition coefficient (Wildman–Crippen LogP) is 3.05. The number of sulfonamides is 1. The maximum atomic E-state index is 13.4. The Hall–Kier alpha value is -2.10. The number of rotatable bonds is 4. The third kappa shape index (κ3) is 4.60. The Kier molecular flexibility index (Phi) is 5.73. The van der Waals surface area contributed by atoms with Gasteiger partial charge in [-0.3, -0.25) is 4.79 Å². The summed E-state index contributed by atoms with van der Waals surface area (Å²) in [6, 6.07) is 5.23. The van der Waals surface area contributed by atoms with Gasteiger partial charge in [0.15, 0.2) is 0 Å². The number of carbonyl (C=O) groups is 1. The first-order valence-electron chi connectivity index (χ1n) is 8.14. The summed E-state index contributed by atoms with van der Waals surface area (Å²) in [5.41, 5.74) is 0. The SMILES string of the molecule is O=C(Nc1ccc(Cl)cn1)C1CCCN(S(=O)(=O)c2cc(F)cc(F)c2)C1. The molecule has 1 aromatic heterocycles. The van der Waals surface area contributed by atoms with Crippen LogP contribution in [0.4, 0.5) is 14.6 Å². The number of piperidine rings is 1. The predicted molar refractivity (Wildman–Crippen MR) is 95.7 cm³/mol. The lowest BCUT2D eigenvalue weighted by molar-refractivity contribution is -0.120. The summed E-state index contributed by atoms with van der Waals surface area (Å²) in [4.78, 5) is 15.9. The van der Waals surface area contributed by atoms with E-state index < -0.39 is 32.5 Å². The van der Waals surface area contributed by atoms with Crippen molar-refractivity contribution < 1.29 is 22.0 Å². The highest BCUT2D eigenvalue weighted by atomic mass is 35.5. The minimum absolute atomic E-state index is 0.0834. The van der Waals surface area contributed by atoms with Crippen LogP contribution in [0, 0.1) is 17.6 Å². The second-order valence-electron chi connectivity index (χ2n) is 6.16. The number of nitrogens with zero attached hydrogens (tertiary/aromatic N) is 2. The average Bonchev–Trinajstić information content (AvgIpc) is 2.63. The Morgan fingerprint density at radius 3 is 2.56 bits per heavy atom. The van der Waals surface area contributed by atoms with Crippen LogP contribution in [-0.4, -0.2) is 36.7 Å².